The monoisotopic (exact) mass is 477 g/mol. The van der Waals surface area contributed by atoms with Gasteiger partial charge in [-0.25, -0.2) is 4.98 Å². The van der Waals surface area contributed by atoms with E-state index in [2.05, 4.69) is 25.7 Å². The quantitative estimate of drug-likeness (QED) is 0.307. The first kappa shape index (κ1) is 24.0. The molecule has 0 radical (unpaired) electrons. The number of ether oxygens (including phenoxy) is 2. The highest BCUT2D eigenvalue weighted by Crippen LogP contribution is 2.37. The van der Waals surface area contributed by atoms with Gasteiger partial charge in [-0.05, 0) is 54.5 Å². The number of fused-ring (bicyclic) bond motifs is 2. The molecule has 0 bridgehead atoms. The molecule has 0 fully saturated rings. The SMILES string of the molecule is CCN(CC)CCN(C(=O)c1cc2ccccc2cc1OC)c1nc2c(OC)ccc(C)c2s1. The number of benzene rings is 3. The van der Waals surface area contributed by atoms with E-state index in [-0.39, 0.29) is 5.91 Å². The van der Waals surface area contributed by atoms with Crippen molar-refractivity contribution in [2.75, 3.05) is 45.3 Å². The number of methoxy groups -OCH3 is 2. The third-order valence-electron chi connectivity index (χ3n) is 6.22. The van der Waals surface area contributed by atoms with E-state index in [0.29, 0.717) is 28.7 Å². The lowest BCUT2D eigenvalue weighted by Gasteiger charge is -2.25. The topological polar surface area (TPSA) is 54.9 Å². The summed E-state index contributed by atoms with van der Waals surface area (Å²) in [5.41, 5.74) is 2.43. The first-order chi connectivity index (χ1) is 16.5. The van der Waals surface area contributed by atoms with Crippen LogP contribution in [0.2, 0.25) is 0 Å². The lowest BCUT2D eigenvalue weighted by Crippen LogP contribution is -2.39. The summed E-state index contributed by atoms with van der Waals surface area (Å²) < 4.78 is 12.2. The first-order valence-corrected chi connectivity index (χ1v) is 12.4. The van der Waals surface area contributed by atoms with E-state index in [1.54, 1.807) is 19.1 Å². The molecule has 7 heteroatoms. The first-order valence-electron chi connectivity index (χ1n) is 11.6. The number of aromatic nitrogens is 1. The highest BCUT2D eigenvalue weighted by molar-refractivity contribution is 7.22. The van der Waals surface area contributed by atoms with Crippen LogP contribution in [0.3, 0.4) is 0 Å². The Morgan fingerprint density at radius 1 is 0.941 bits per heavy atom. The predicted octanol–water partition coefficient (Wildman–Crippen LogP) is 5.76. The Morgan fingerprint density at radius 2 is 1.62 bits per heavy atom. The summed E-state index contributed by atoms with van der Waals surface area (Å²) in [7, 11) is 3.25. The second-order valence-electron chi connectivity index (χ2n) is 8.14. The van der Waals surface area contributed by atoms with Gasteiger partial charge in [-0.2, -0.15) is 0 Å². The molecule has 178 valence electrons. The van der Waals surface area contributed by atoms with E-state index < -0.39 is 0 Å². The van der Waals surface area contributed by atoms with Crippen LogP contribution in [0.1, 0.15) is 29.8 Å². The van der Waals surface area contributed by atoms with Crippen molar-refractivity contribution in [2.45, 2.75) is 20.8 Å². The summed E-state index contributed by atoms with van der Waals surface area (Å²) in [5, 5.41) is 2.69. The van der Waals surface area contributed by atoms with Crippen LogP contribution >= 0.6 is 11.3 Å². The Bertz CT molecular complexity index is 1310. The van der Waals surface area contributed by atoms with Gasteiger partial charge in [-0.3, -0.25) is 9.69 Å². The number of likely N-dealkylation sites (N-methyl/N-ethyl adjacent to an activating group) is 1. The number of thiazole rings is 1. The molecule has 1 heterocycles. The molecule has 6 nitrogen and oxygen atoms in total. The molecule has 0 atom stereocenters. The molecular weight excluding hydrogens is 446 g/mol. The minimum Gasteiger partial charge on any atom is -0.496 e. The average molecular weight is 478 g/mol. The summed E-state index contributed by atoms with van der Waals surface area (Å²) in [6.45, 7) is 9.44. The minimum absolute atomic E-state index is 0.120. The number of hydrogen-bond acceptors (Lipinski definition) is 6. The molecule has 4 rings (SSSR count). The van der Waals surface area contributed by atoms with Gasteiger partial charge in [0, 0.05) is 13.1 Å². The standard InChI is InChI=1S/C27H31N3O3S/c1-6-29(7-2)14-15-30(27-28-24-22(32-4)13-12-18(3)25(24)34-27)26(31)21-16-19-10-8-9-11-20(19)17-23(21)33-5/h8-13,16-17H,6-7,14-15H2,1-5H3. The van der Waals surface area contributed by atoms with Crippen molar-refractivity contribution in [3.05, 3.63) is 59.7 Å². The van der Waals surface area contributed by atoms with Crippen LogP contribution in [0, 0.1) is 6.92 Å². The third-order valence-corrected chi connectivity index (χ3v) is 7.43. The van der Waals surface area contributed by atoms with E-state index in [4.69, 9.17) is 14.5 Å². The van der Waals surface area contributed by atoms with Crippen molar-refractivity contribution >= 4 is 43.4 Å². The fraction of sp³-hybridized carbons (Fsp3) is 0.333. The van der Waals surface area contributed by atoms with E-state index in [9.17, 15) is 4.79 Å². The van der Waals surface area contributed by atoms with Gasteiger partial charge >= 0.3 is 0 Å². The zero-order valence-electron chi connectivity index (χ0n) is 20.4. The number of anilines is 1. The molecule has 0 aliphatic carbocycles. The summed E-state index contributed by atoms with van der Waals surface area (Å²) in [6.07, 6.45) is 0. The molecule has 1 aromatic heterocycles. The number of nitrogens with zero attached hydrogens (tertiary/aromatic N) is 3. The third kappa shape index (κ3) is 4.58. The molecule has 0 aliphatic heterocycles. The van der Waals surface area contributed by atoms with E-state index in [1.165, 1.54) is 11.3 Å². The number of carbonyl (C=O) groups excluding carboxylic acids is 1. The van der Waals surface area contributed by atoms with Crippen LogP contribution in [0.5, 0.6) is 11.5 Å². The fourth-order valence-electron chi connectivity index (χ4n) is 4.14. The van der Waals surface area contributed by atoms with Crippen molar-refractivity contribution in [3.63, 3.8) is 0 Å². The van der Waals surface area contributed by atoms with Gasteiger partial charge in [-0.1, -0.05) is 55.5 Å². The summed E-state index contributed by atoms with van der Waals surface area (Å²) >= 11 is 1.52. The van der Waals surface area contributed by atoms with E-state index in [1.807, 2.05) is 48.5 Å². The highest BCUT2D eigenvalue weighted by Gasteiger charge is 2.26. The zero-order chi connectivity index (χ0) is 24.2. The molecule has 34 heavy (non-hydrogen) atoms. The Balaban J connectivity index is 1.82. The maximum Gasteiger partial charge on any atom is 0.263 e. The van der Waals surface area contributed by atoms with Gasteiger partial charge in [0.2, 0.25) is 0 Å². The molecule has 0 spiro atoms. The smallest absolute Gasteiger partial charge is 0.263 e. The minimum atomic E-state index is -0.120. The van der Waals surface area contributed by atoms with Crippen molar-refractivity contribution in [1.82, 2.24) is 9.88 Å². The van der Waals surface area contributed by atoms with Crippen LogP contribution in [0.15, 0.2) is 48.5 Å². The summed E-state index contributed by atoms with van der Waals surface area (Å²) in [4.78, 5) is 23.0. The Hall–Kier alpha value is -3.16. The number of amides is 1. The largest absolute Gasteiger partial charge is 0.496 e. The highest BCUT2D eigenvalue weighted by atomic mass is 32.1. The molecule has 4 aromatic rings. The lowest BCUT2D eigenvalue weighted by atomic mass is 10.0. The van der Waals surface area contributed by atoms with Crippen LogP contribution in [0.4, 0.5) is 5.13 Å². The molecule has 0 N–H and O–H groups in total. The Morgan fingerprint density at radius 3 is 2.26 bits per heavy atom. The fourth-order valence-corrected chi connectivity index (χ4v) is 5.22. The van der Waals surface area contributed by atoms with Crippen LogP contribution in [0.25, 0.3) is 21.0 Å². The summed E-state index contributed by atoms with van der Waals surface area (Å²) in [6, 6.07) is 15.8. The van der Waals surface area contributed by atoms with Crippen molar-refractivity contribution in [3.8, 4) is 11.5 Å². The van der Waals surface area contributed by atoms with Crippen LogP contribution in [-0.2, 0) is 0 Å². The maximum absolute atomic E-state index is 14.0. The maximum atomic E-state index is 14.0. The summed E-state index contributed by atoms with van der Waals surface area (Å²) in [5.74, 6) is 1.15. The lowest BCUT2D eigenvalue weighted by molar-refractivity contribution is 0.0981. The second kappa shape index (κ2) is 10.4. The molecule has 3 aromatic carbocycles. The zero-order valence-corrected chi connectivity index (χ0v) is 21.2. The number of aryl methyl sites for hydroxylation is 1. The van der Waals surface area contributed by atoms with Crippen molar-refractivity contribution < 1.29 is 14.3 Å². The predicted molar refractivity (Wildman–Crippen MR) is 141 cm³/mol. The van der Waals surface area contributed by atoms with Gasteiger partial charge in [0.15, 0.2) is 5.13 Å². The van der Waals surface area contributed by atoms with Gasteiger partial charge in [0.05, 0.1) is 24.5 Å². The van der Waals surface area contributed by atoms with E-state index >= 15 is 0 Å². The second-order valence-corrected chi connectivity index (χ2v) is 9.12. The normalized spacial score (nSPS) is 11.4. The molecule has 0 saturated carbocycles. The molecular formula is C27H31N3O3S. The number of carbonyl (C=O) groups is 1. The number of hydrogen-bond donors (Lipinski definition) is 0. The average Bonchev–Trinajstić information content (AvgIpc) is 3.32. The van der Waals surface area contributed by atoms with Gasteiger partial charge in [0.25, 0.3) is 5.91 Å². The Kier molecular flexibility index (Phi) is 7.34. The van der Waals surface area contributed by atoms with Crippen LogP contribution < -0.4 is 14.4 Å². The Labute approximate surface area is 204 Å². The van der Waals surface area contributed by atoms with Crippen molar-refractivity contribution in [2.24, 2.45) is 0 Å². The van der Waals surface area contributed by atoms with Gasteiger partial charge < -0.3 is 14.4 Å². The number of rotatable bonds is 9. The van der Waals surface area contributed by atoms with Gasteiger partial charge in [0.1, 0.15) is 17.0 Å². The van der Waals surface area contributed by atoms with E-state index in [0.717, 1.165) is 46.2 Å². The molecule has 0 aliphatic rings. The molecule has 0 unspecified atom stereocenters. The van der Waals surface area contributed by atoms with Crippen LogP contribution in [-0.4, -0.2) is 56.2 Å². The van der Waals surface area contributed by atoms with Gasteiger partial charge in [-0.15, -0.1) is 0 Å². The molecule has 0 saturated heterocycles. The van der Waals surface area contributed by atoms with Crippen molar-refractivity contribution in [1.29, 1.82) is 0 Å². The molecule has 1 amide bonds.